The van der Waals surface area contributed by atoms with E-state index >= 15 is 0 Å². The Hall–Kier alpha value is -0.580. The van der Waals surface area contributed by atoms with Crippen LogP contribution in [0.15, 0.2) is 24.3 Å². The van der Waals surface area contributed by atoms with Gasteiger partial charge in [0.15, 0.2) is 0 Å². The molecule has 0 amide bonds. The van der Waals surface area contributed by atoms with Crippen LogP contribution in [-0.4, -0.2) is 37.3 Å². The predicted molar refractivity (Wildman–Crippen MR) is 86.5 cm³/mol. The van der Waals surface area contributed by atoms with E-state index in [-0.39, 0.29) is 11.2 Å². The maximum atomic E-state index is 13.6. The Balaban J connectivity index is 1.73. The average molecular weight is 309 g/mol. The highest BCUT2D eigenvalue weighted by atomic mass is 32.2. The van der Waals surface area contributed by atoms with E-state index in [2.05, 4.69) is 11.4 Å². The van der Waals surface area contributed by atoms with Gasteiger partial charge in [-0.2, -0.15) is 11.8 Å². The van der Waals surface area contributed by atoms with Crippen LogP contribution < -0.4 is 5.32 Å². The number of thioether (sulfide) groups is 1. The maximum Gasteiger partial charge on any atom is 0.123 e. The fourth-order valence-corrected chi connectivity index (χ4v) is 4.50. The van der Waals surface area contributed by atoms with Crippen LogP contribution in [0.25, 0.3) is 0 Å². The van der Waals surface area contributed by atoms with E-state index in [0.29, 0.717) is 6.04 Å². The summed E-state index contributed by atoms with van der Waals surface area (Å²) in [4.78, 5) is 0. The summed E-state index contributed by atoms with van der Waals surface area (Å²) in [7, 11) is 0. The van der Waals surface area contributed by atoms with E-state index in [0.717, 1.165) is 38.2 Å². The van der Waals surface area contributed by atoms with Gasteiger partial charge in [0.05, 0.1) is 0 Å². The number of hydrogen-bond acceptors (Lipinski definition) is 3. The van der Waals surface area contributed by atoms with Gasteiger partial charge in [-0.05, 0) is 49.1 Å². The third-order valence-corrected chi connectivity index (χ3v) is 5.99. The van der Waals surface area contributed by atoms with Crippen molar-refractivity contribution in [2.45, 2.75) is 37.1 Å². The van der Waals surface area contributed by atoms with Crippen molar-refractivity contribution in [1.82, 2.24) is 5.32 Å². The fraction of sp³-hybridized carbons (Fsp3) is 0.647. The van der Waals surface area contributed by atoms with E-state index in [1.807, 2.05) is 17.8 Å². The van der Waals surface area contributed by atoms with E-state index in [9.17, 15) is 4.39 Å². The van der Waals surface area contributed by atoms with Crippen molar-refractivity contribution in [2.75, 3.05) is 31.3 Å². The van der Waals surface area contributed by atoms with E-state index in [1.165, 1.54) is 30.4 Å². The zero-order valence-electron chi connectivity index (χ0n) is 12.4. The second-order valence-corrected chi connectivity index (χ2v) is 7.35. The monoisotopic (exact) mass is 309 g/mol. The van der Waals surface area contributed by atoms with Crippen molar-refractivity contribution in [3.8, 4) is 0 Å². The van der Waals surface area contributed by atoms with Crippen molar-refractivity contribution in [1.29, 1.82) is 0 Å². The third kappa shape index (κ3) is 3.79. The standard InChI is InChI=1S/C17H24FNOS/c18-15-4-1-3-14(11-15)17(6-8-20-9-7-17)13-19-16-5-2-10-21-12-16/h1,3-4,11,16,19H,2,5-10,12-13H2/t16-/m0/s1. The molecule has 0 saturated carbocycles. The number of ether oxygens (including phenoxy) is 1. The predicted octanol–water partition coefficient (Wildman–Crippen LogP) is 3.36. The van der Waals surface area contributed by atoms with Gasteiger partial charge in [0.2, 0.25) is 0 Å². The van der Waals surface area contributed by atoms with Crippen LogP contribution in [0.3, 0.4) is 0 Å². The summed E-state index contributed by atoms with van der Waals surface area (Å²) in [5.41, 5.74) is 1.16. The van der Waals surface area contributed by atoms with Crippen molar-refractivity contribution in [2.24, 2.45) is 0 Å². The first kappa shape index (κ1) is 15.3. The molecule has 2 fully saturated rings. The summed E-state index contributed by atoms with van der Waals surface area (Å²) in [5, 5.41) is 3.75. The molecule has 0 bridgehead atoms. The molecule has 116 valence electrons. The highest BCUT2D eigenvalue weighted by molar-refractivity contribution is 7.99. The molecule has 0 aromatic heterocycles. The molecule has 1 atom stereocenters. The molecule has 4 heteroatoms. The van der Waals surface area contributed by atoms with Gasteiger partial charge in [-0.3, -0.25) is 0 Å². The van der Waals surface area contributed by atoms with Crippen molar-refractivity contribution in [3.63, 3.8) is 0 Å². The Morgan fingerprint density at radius 2 is 2.19 bits per heavy atom. The zero-order chi connectivity index (χ0) is 14.5. The van der Waals surface area contributed by atoms with Crippen LogP contribution in [0.4, 0.5) is 4.39 Å². The Morgan fingerprint density at radius 1 is 1.33 bits per heavy atom. The van der Waals surface area contributed by atoms with Crippen LogP contribution >= 0.6 is 11.8 Å². The Morgan fingerprint density at radius 3 is 2.90 bits per heavy atom. The molecular formula is C17H24FNOS. The van der Waals surface area contributed by atoms with Crippen LogP contribution in [0.2, 0.25) is 0 Å². The number of hydrogen-bond donors (Lipinski definition) is 1. The molecule has 0 spiro atoms. The fourth-order valence-electron chi connectivity index (χ4n) is 3.39. The first-order chi connectivity index (χ1) is 10.3. The van der Waals surface area contributed by atoms with E-state index in [1.54, 1.807) is 6.07 Å². The summed E-state index contributed by atoms with van der Waals surface area (Å²) >= 11 is 2.04. The van der Waals surface area contributed by atoms with Crippen LogP contribution in [0, 0.1) is 5.82 Å². The highest BCUT2D eigenvalue weighted by Crippen LogP contribution is 2.35. The van der Waals surface area contributed by atoms with Crippen molar-refractivity contribution < 1.29 is 9.13 Å². The average Bonchev–Trinajstić information content (AvgIpc) is 2.55. The molecule has 1 aromatic carbocycles. The van der Waals surface area contributed by atoms with Gasteiger partial charge in [0.1, 0.15) is 5.82 Å². The molecule has 3 rings (SSSR count). The first-order valence-corrected chi connectivity index (χ1v) is 9.09. The van der Waals surface area contributed by atoms with Gasteiger partial charge >= 0.3 is 0 Å². The van der Waals surface area contributed by atoms with Gasteiger partial charge < -0.3 is 10.1 Å². The minimum absolute atomic E-state index is 0.0302. The summed E-state index contributed by atoms with van der Waals surface area (Å²) in [6.07, 6.45) is 4.52. The number of rotatable bonds is 4. The molecule has 1 aromatic rings. The van der Waals surface area contributed by atoms with Gasteiger partial charge in [-0.1, -0.05) is 12.1 Å². The molecule has 1 N–H and O–H groups in total. The van der Waals surface area contributed by atoms with Gasteiger partial charge in [-0.15, -0.1) is 0 Å². The maximum absolute atomic E-state index is 13.6. The molecule has 2 saturated heterocycles. The quantitative estimate of drug-likeness (QED) is 0.921. The molecule has 0 radical (unpaired) electrons. The molecule has 0 aliphatic carbocycles. The topological polar surface area (TPSA) is 21.3 Å². The molecule has 21 heavy (non-hydrogen) atoms. The van der Waals surface area contributed by atoms with Crippen LogP contribution in [0.1, 0.15) is 31.2 Å². The van der Waals surface area contributed by atoms with E-state index in [4.69, 9.17) is 4.74 Å². The summed E-state index contributed by atoms with van der Waals surface area (Å²) in [5.74, 6) is 2.36. The Labute approximate surface area is 130 Å². The molecule has 2 aliphatic heterocycles. The lowest BCUT2D eigenvalue weighted by atomic mass is 9.74. The number of halogens is 1. The van der Waals surface area contributed by atoms with Gasteiger partial charge in [0, 0.05) is 37.0 Å². The lowest BCUT2D eigenvalue weighted by Gasteiger charge is -2.39. The number of nitrogens with one attached hydrogen (secondary N) is 1. The zero-order valence-corrected chi connectivity index (χ0v) is 13.3. The third-order valence-electron chi connectivity index (χ3n) is 4.78. The lowest BCUT2D eigenvalue weighted by Crippen LogP contribution is -2.47. The van der Waals surface area contributed by atoms with Gasteiger partial charge in [0.25, 0.3) is 0 Å². The molecular weight excluding hydrogens is 285 g/mol. The summed E-state index contributed by atoms with van der Waals surface area (Å²) < 4.78 is 19.2. The van der Waals surface area contributed by atoms with E-state index < -0.39 is 0 Å². The summed E-state index contributed by atoms with van der Waals surface area (Å²) in [6, 6.07) is 7.76. The van der Waals surface area contributed by atoms with Crippen molar-refractivity contribution in [3.05, 3.63) is 35.6 Å². The lowest BCUT2D eigenvalue weighted by molar-refractivity contribution is 0.0488. The highest BCUT2D eigenvalue weighted by Gasteiger charge is 2.35. The molecule has 2 heterocycles. The SMILES string of the molecule is Fc1cccc(C2(CN[C@H]3CCCSC3)CCOCC2)c1. The van der Waals surface area contributed by atoms with Crippen LogP contribution in [0.5, 0.6) is 0 Å². The number of benzene rings is 1. The Bertz CT molecular complexity index is 456. The minimum atomic E-state index is -0.133. The van der Waals surface area contributed by atoms with Crippen molar-refractivity contribution >= 4 is 11.8 Å². The summed E-state index contributed by atoms with van der Waals surface area (Å²) in [6.45, 7) is 2.49. The normalized spacial score (nSPS) is 25.7. The second kappa shape index (κ2) is 7.12. The van der Waals surface area contributed by atoms with Crippen LogP contribution in [-0.2, 0) is 10.2 Å². The molecule has 0 unspecified atom stereocenters. The van der Waals surface area contributed by atoms with Gasteiger partial charge in [-0.25, -0.2) is 4.39 Å². The molecule has 2 nitrogen and oxygen atoms in total. The minimum Gasteiger partial charge on any atom is -0.381 e. The largest absolute Gasteiger partial charge is 0.381 e. The first-order valence-electron chi connectivity index (χ1n) is 7.93. The molecule has 2 aliphatic rings. The Kier molecular flexibility index (Phi) is 5.19. The second-order valence-electron chi connectivity index (χ2n) is 6.20. The smallest absolute Gasteiger partial charge is 0.123 e.